The highest BCUT2D eigenvalue weighted by Crippen LogP contribution is 2.25. The monoisotopic (exact) mass is 244 g/mol. The quantitative estimate of drug-likeness (QED) is 0.822. The summed E-state index contributed by atoms with van der Waals surface area (Å²) in [5.41, 5.74) is 5.94. The summed E-state index contributed by atoms with van der Waals surface area (Å²) < 4.78 is 0. The summed E-state index contributed by atoms with van der Waals surface area (Å²) in [5, 5.41) is 1.09. The maximum absolute atomic E-state index is 12.0. The third-order valence-corrected chi connectivity index (χ3v) is 4.27. The zero-order valence-electron chi connectivity index (χ0n) is 10.8. The minimum absolute atomic E-state index is 0.00677. The lowest BCUT2D eigenvalue weighted by atomic mass is 10.0. The van der Waals surface area contributed by atoms with Crippen molar-refractivity contribution in [2.45, 2.75) is 50.7 Å². The molecule has 16 heavy (non-hydrogen) atoms. The summed E-state index contributed by atoms with van der Waals surface area (Å²) in [6.45, 7) is 10.2. The molecule has 2 N–H and O–H groups in total. The first-order valence-corrected chi connectivity index (χ1v) is 7.03. The van der Waals surface area contributed by atoms with Gasteiger partial charge in [-0.25, -0.2) is 0 Å². The van der Waals surface area contributed by atoms with Crippen LogP contribution in [-0.2, 0) is 4.79 Å². The lowest BCUT2D eigenvalue weighted by Crippen LogP contribution is -2.46. The largest absolute Gasteiger partial charge is 0.340 e. The Morgan fingerprint density at radius 3 is 2.31 bits per heavy atom. The second-order valence-corrected chi connectivity index (χ2v) is 7.05. The van der Waals surface area contributed by atoms with Crippen molar-refractivity contribution in [3.8, 4) is 0 Å². The molecule has 1 aliphatic heterocycles. The molecule has 3 atom stereocenters. The number of thioether (sulfide) groups is 1. The number of carbonyl (C=O) groups excluding carboxylic acids is 1. The highest BCUT2D eigenvalue weighted by atomic mass is 32.2. The fourth-order valence-corrected chi connectivity index (χ4v) is 3.27. The molecular formula is C12H24N2OS. The Labute approximate surface area is 103 Å². The third kappa shape index (κ3) is 3.98. The van der Waals surface area contributed by atoms with Crippen molar-refractivity contribution in [2.75, 3.05) is 13.1 Å². The normalized spacial score (nSPS) is 28.2. The summed E-state index contributed by atoms with van der Waals surface area (Å²) in [6, 6.07) is -0.00677. The van der Waals surface area contributed by atoms with Crippen molar-refractivity contribution in [2.24, 2.45) is 11.7 Å². The molecule has 0 saturated carbocycles. The van der Waals surface area contributed by atoms with Gasteiger partial charge in [-0.2, -0.15) is 11.8 Å². The zero-order valence-corrected chi connectivity index (χ0v) is 11.6. The van der Waals surface area contributed by atoms with Crippen molar-refractivity contribution in [1.29, 1.82) is 0 Å². The molecule has 0 aromatic heterocycles. The van der Waals surface area contributed by atoms with Crippen LogP contribution in [0.1, 0.15) is 34.1 Å². The number of hydrogen-bond acceptors (Lipinski definition) is 3. The van der Waals surface area contributed by atoms with Crippen LogP contribution in [0.25, 0.3) is 0 Å². The molecular weight excluding hydrogens is 220 g/mol. The van der Waals surface area contributed by atoms with Crippen LogP contribution < -0.4 is 5.73 Å². The van der Waals surface area contributed by atoms with Crippen molar-refractivity contribution in [1.82, 2.24) is 4.90 Å². The molecule has 94 valence electrons. The Morgan fingerprint density at radius 1 is 1.38 bits per heavy atom. The van der Waals surface area contributed by atoms with E-state index in [1.165, 1.54) is 0 Å². The standard InChI is InChI=1S/C12H24N2OS/c1-8(2)11(13)5-12(15)14-6-9(3)16-10(4)7-14/h8-11H,5-7,13H2,1-4H3. The topological polar surface area (TPSA) is 46.3 Å². The highest BCUT2D eigenvalue weighted by molar-refractivity contribution is 8.00. The van der Waals surface area contributed by atoms with E-state index in [9.17, 15) is 4.79 Å². The van der Waals surface area contributed by atoms with Gasteiger partial charge in [-0.05, 0) is 5.92 Å². The molecule has 0 bridgehead atoms. The molecule has 4 heteroatoms. The van der Waals surface area contributed by atoms with Gasteiger partial charge in [0.25, 0.3) is 0 Å². The first-order valence-electron chi connectivity index (χ1n) is 6.09. The van der Waals surface area contributed by atoms with E-state index in [-0.39, 0.29) is 11.9 Å². The van der Waals surface area contributed by atoms with Crippen molar-refractivity contribution >= 4 is 17.7 Å². The minimum atomic E-state index is -0.00677. The molecule has 1 aliphatic rings. The Morgan fingerprint density at radius 2 is 1.88 bits per heavy atom. The van der Waals surface area contributed by atoms with Gasteiger partial charge in [-0.3, -0.25) is 4.79 Å². The van der Waals surface area contributed by atoms with Crippen LogP contribution in [-0.4, -0.2) is 40.4 Å². The van der Waals surface area contributed by atoms with Gasteiger partial charge in [-0.1, -0.05) is 27.7 Å². The Hall–Kier alpha value is -0.220. The Balaban J connectivity index is 2.47. The van der Waals surface area contributed by atoms with E-state index >= 15 is 0 Å². The molecule has 1 heterocycles. The number of nitrogens with zero attached hydrogens (tertiary/aromatic N) is 1. The molecule has 1 saturated heterocycles. The zero-order chi connectivity index (χ0) is 12.3. The molecule has 0 aliphatic carbocycles. The maximum atomic E-state index is 12.0. The van der Waals surface area contributed by atoms with Crippen LogP contribution in [0.15, 0.2) is 0 Å². The maximum Gasteiger partial charge on any atom is 0.224 e. The van der Waals surface area contributed by atoms with Gasteiger partial charge in [0.1, 0.15) is 0 Å². The van der Waals surface area contributed by atoms with Crippen LogP contribution in [0, 0.1) is 5.92 Å². The van der Waals surface area contributed by atoms with E-state index in [2.05, 4.69) is 27.7 Å². The summed E-state index contributed by atoms with van der Waals surface area (Å²) in [4.78, 5) is 14.0. The molecule has 1 rings (SSSR count). The third-order valence-electron chi connectivity index (χ3n) is 3.04. The number of nitrogens with two attached hydrogens (primary N) is 1. The Bertz CT molecular complexity index is 235. The molecule has 3 unspecified atom stereocenters. The second kappa shape index (κ2) is 5.92. The minimum Gasteiger partial charge on any atom is -0.340 e. The van der Waals surface area contributed by atoms with Gasteiger partial charge in [-0.15, -0.1) is 0 Å². The summed E-state index contributed by atoms with van der Waals surface area (Å²) in [5.74, 6) is 0.596. The molecule has 1 amide bonds. The van der Waals surface area contributed by atoms with Gasteiger partial charge in [0.05, 0.1) is 0 Å². The first-order chi connectivity index (χ1) is 7.40. The highest BCUT2D eigenvalue weighted by Gasteiger charge is 2.26. The van der Waals surface area contributed by atoms with Gasteiger partial charge in [0.2, 0.25) is 5.91 Å². The summed E-state index contributed by atoms with van der Waals surface area (Å²) >= 11 is 1.96. The van der Waals surface area contributed by atoms with E-state index in [1.807, 2.05) is 16.7 Å². The van der Waals surface area contributed by atoms with E-state index in [0.717, 1.165) is 13.1 Å². The number of hydrogen-bond donors (Lipinski definition) is 1. The first kappa shape index (κ1) is 13.8. The van der Waals surface area contributed by atoms with E-state index in [1.54, 1.807) is 0 Å². The molecule has 0 radical (unpaired) electrons. The fraction of sp³-hybridized carbons (Fsp3) is 0.917. The van der Waals surface area contributed by atoms with Crippen molar-refractivity contribution < 1.29 is 4.79 Å². The van der Waals surface area contributed by atoms with Crippen LogP contribution in [0.3, 0.4) is 0 Å². The van der Waals surface area contributed by atoms with E-state index in [4.69, 9.17) is 5.73 Å². The van der Waals surface area contributed by atoms with Crippen LogP contribution >= 0.6 is 11.8 Å². The molecule has 0 aromatic carbocycles. The summed E-state index contributed by atoms with van der Waals surface area (Å²) in [6.07, 6.45) is 0.488. The predicted octanol–water partition coefficient (Wildman–Crippen LogP) is 1.71. The second-order valence-electron chi connectivity index (χ2n) is 5.17. The van der Waals surface area contributed by atoms with Crippen molar-refractivity contribution in [3.63, 3.8) is 0 Å². The lowest BCUT2D eigenvalue weighted by Gasteiger charge is -2.35. The van der Waals surface area contributed by atoms with Crippen LogP contribution in [0.4, 0.5) is 0 Å². The number of rotatable bonds is 3. The van der Waals surface area contributed by atoms with Gasteiger partial charge >= 0.3 is 0 Å². The van der Waals surface area contributed by atoms with Crippen LogP contribution in [0.5, 0.6) is 0 Å². The van der Waals surface area contributed by atoms with Gasteiger partial charge in [0, 0.05) is 36.1 Å². The molecule has 0 aromatic rings. The van der Waals surface area contributed by atoms with Gasteiger partial charge < -0.3 is 10.6 Å². The average Bonchev–Trinajstić information content (AvgIpc) is 2.15. The van der Waals surface area contributed by atoms with Gasteiger partial charge in [0.15, 0.2) is 0 Å². The van der Waals surface area contributed by atoms with E-state index in [0.29, 0.717) is 22.8 Å². The molecule has 3 nitrogen and oxygen atoms in total. The number of amides is 1. The van der Waals surface area contributed by atoms with E-state index < -0.39 is 0 Å². The Kier molecular flexibility index (Phi) is 5.12. The van der Waals surface area contributed by atoms with Crippen molar-refractivity contribution in [3.05, 3.63) is 0 Å². The fourth-order valence-electron chi connectivity index (χ4n) is 1.95. The average molecular weight is 244 g/mol. The molecule has 0 spiro atoms. The predicted molar refractivity (Wildman–Crippen MR) is 70.5 cm³/mol. The SMILES string of the molecule is CC1CN(C(=O)CC(N)C(C)C)CC(C)S1. The summed E-state index contributed by atoms with van der Waals surface area (Å²) in [7, 11) is 0. The number of carbonyl (C=O) groups is 1. The smallest absolute Gasteiger partial charge is 0.224 e. The lowest BCUT2D eigenvalue weighted by molar-refractivity contribution is -0.131. The van der Waals surface area contributed by atoms with Crippen LogP contribution in [0.2, 0.25) is 0 Å². The molecule has 1 fully saturated rings.